The van der Waals surface area contributed by atoms with Gasteiger partial charge in [0.05, 0.1) is 6.10 Å². The van der Waals surface area contributed by atoms with Crippen LogP contribution in [0.3, 0.4) is 0 Å². The van der Waals surface area contributed by atoms with E-state index < -0.39 is 18.4 Å². The molecule has 0 bridgehead atoms. The average molecular weight is 320 g/mol. The van der Waals surface area contributed by atoms with Crippen LogP contribution >= 0.6 is 11.3 Å². The molecule has 0 aliphatic carbocycles. The minimum Gasteiger partial charge on any atom is -0.491 e. The minimum absolute atomic E-state index is 0.107. The quantitative estimate of drug-likeness (QED) is 0.853. The number of carboxylic acid groups (broad SMARTS) is 1. The zero-order valence-corrected chi connectivity index (χ0v) is 13.0. The van der Waals surface area contributed by atoms with E-state index in [0.717, 1.165) is 11.3 Å². The third-order valence-corrected chi connectivity index (χ3v) is 3.50. The van der Waals surface area contributed by atoms with Crippen LogP contribution in [-0.4, -0.2) is 34.6 Å². The van der Waals surface area contributed by atoms with Crippen molar-refractivity contribution in [3.05, 3.63) is 35.3 Å². The van der Waals surface area contributed by atoms with E-state index in [-0.39, 0.29) is 11.8 Å². The van der Waals surface area contributed by atoms with Crippen LogP contribution in [0.4, 0.5) is 0 Å². The van der Waals surface area contributed by atoms with Gasteiger partial charge >= 0.3 is 5.97 Å². The Morgan fingerprint density at radius 3 is 2.59 bits per heavy atom. The zero-order valence-electron chi connectivity index (χ0n) is 12.2. The first-order chi connectivity index (χ1) is 10.5. The van der Waals surface area contributed by atoms with E-state index in [1.165, 1.54) is 11.3 Å². The molecule has 0 saturated heterocycles. The molecule has 2 rings (SSSR count). The minimum atomic E-state index is -1.09. The first-order valence-electron chi connectivity index (χ1n) is 6.68. The molecule has 2 aromatic rings. The molecule has 0 aliphatic heterocycles. The molecular weight excluding hydrogens is 304 g/mol. The molecule has 0 spiro atoms. The van der Waals surface area contributed by atoms with Gasteiger partial charge in [-0.15, -0.1) is 11.3 Å². The number of nitrogens with zero attached hydrogens (tertiary/aromatic N) is 1. The highest BCUT2D eigenvalue weighted by Gasteiger charge is 2.12. The Kier molecular flexibility index (Phi) is 5.11. The summed E-state index contributed by atoms with van der Waals surface area (Å²) in [6.07, 6.45) is 0.107. The molecule has 116 valence electrons. The lowest BCUT2D eigenvalue weighted by molar-refractivity contribution is -0.135. The second-order valence-electron chi connectivity index (χ2n) is 4.81. The smallest absolute Gasteiger partial charge is 0.322 e. The SMILES string of the molecule is CC(C)Oc1ccc(-c2nc(C(=O)NCC(=O)O)cs2)cc1. The summed E-state index contributed by atoms with van der Waals surface area (Å²) in [6.45, 7) is 3.49. The molecule has 2 N–H and O–H groups in total. The number of hydrogen-bond donors (Lipinski definition) is 2. The predicted molar refractivity (Wildman–Crippen MR) is 83.3 cm³/mol. The van der Waals surface area contributed by atoms with Gasteiger partial charge in [0.25, 0.3) is 5.91 Å². The maximum absolute atomic E-state index is 11.7. The number of rotatable bonds is 6. The summed E-state index contributed by atoms with van der Waals surface area (Å²) >= 11 is 1.32. The fourth-order valence-corrected chi connectivity index (χ4v) is 2.51. The number of carbonyl (C=O) groups excluding carboxylic acids is 1. The van der Waals surface area contributed by atoms with Crippen LogP contribution < -0.4 is 10.1 Å². The van der Waals surface area contributed by atoms with E-state index >= 15 is 0 Å². The van der Waals surface area contributed by atoms with E-state index in [4.69, 9.17) is 9.84 Å². The highest BCUT2D eigenvalue weighted by molar-refractivity contribution is 7.13. The molecule has 1 amide bonds. The van der Waals surface area contributed by atoms with Crippen LogP contribution in [0.15, 0.2) is 29.6 Å². The number of nitrogens with one attached hydrogen (secondary N) is 1. The Bertz CT molecular complexity index is 664. The predicted octanol–water partition coefficient (Wildman–Crippen LogP) is 2.41. The standard InChI is InChI=1S/C15H16N2O4S/c1-9(2)21-11-5-3-10(4-6-11)15-17-12(8-22-15)14(20)16-7-13(18)19/h3-6,8-9H,7H2,1-2H3,(H,16,20)(H,18,19). The maximum atomic E-state index is 11.7. The molecule has 22 heavy (non-hydrogen) atoms. The Morgan fingerprint density at radius 1 is 1.32 bits per heavy atom. The molecule has 0 radical (unpaired) electrons. The van der Waals surface area contributed by atoms with Gasteiger partial charge in [-0.05, 0) is 38.1 Å². The number of aromatic nitrogens is 1. The van der Waals surface area contributed by atoms with Crippen molar-refractivity contribution in [1.29, 1.82) is 0 Å². The third kappa shape index (κ3) is 4.29. The van der Waals surface area contributed by atoms with E-state index in [9.17, 15) is 9.59 Å². The van der Waals surface area contributed by atoms with Crippen molar-refractivity contribution in [2.45, 2.75) is 20.0 Å². The first kappa shape index (κ1) is 16.0. The van der Waals surface area contributed by atoms with Crippen molar-refractivity contribution in [1.82, 2.24) is 10.3 Å². The molecule has 1 heterocycles. The van der Waals surface area contributed by atoms with Gasteiger partial charge in [-0.2, -0.15) is 0 Å². The largest absolute Gasteiger partial charge is 0.491 e. The lowest BCUT2D eigenvalue weighted by Crippen LogP contribution is -2.29. The van der Waals surface area contributed by atoms with E-state index in [1.54, 1.807) is 5.38 Å². The van der Waals surface area contributed by atoms with Crippen LogP contribution in [0.1, 0.15) is 24.3 Å². The molecule has 0 unspecified atom stereocenters. The monoisotopic (exact) mass is 320 g/mol. The lowest BCUT2D eigenvalue weighted by Gasteiger charge is -2.09. The van der Waals surface area contributed by atoms with Gasteiger partial charge in [-0.1, -0.05) is 0 Å². The highest BCUT2D eigenvalue weighted by atomic mass is 32.1. The Hall–Kier alpha value is -2.41. The molecule has 7 heteroatoms. The molecule has 1 aromatic carbocycles. The summed E-state index contributed by atoms with van der Waals surface area (Å²) in [7, 11) is 0. The van der Waals surface area contributed by atoms with E-state index in [2.05, 4.69) is 10.3 Å². The fraction of sp³-hybridized carbons (Fsp3) is 0.267. The Balaban J connectivity index is 2.07. The summed E-state index contributed by atoms with van der Waals surface area (Å²) in [4.78, 5) is 26.4. The van der Waals surface area contributed by atoms with Gasteiger partial charge in [0.1, 0.15) is 23.0 Å². The fourth-order valence-electron chi connectivity index (χ4n) is 1.71. The molecular formula is C15H16N2O4S. The van der Waals surface area contributed by atoms with Gasteiger partial charge in [0, 0.05) is 10.9 Å². The van der Waals surface area contributed by atoms with Crippen molar-refractivity contribution in [3.8, 4) is 16.3 Å². The summed E-state index contributed by atoms with van der Waals surface area (Å²) in [5.74, 6) is -0.816. The van der Waals surface area contributed by atoms with Gasteiger partial charge in [-0.25, -0.2) is 4.98 Å². The third-order valence-electron chi connectivity index (χ3n) is 2.61. The number of carbonyl (C=O) groups is 2. The van der Waals surface area contributed by atoms with Crippen molar-refractivity contribution in [2.24, 2.45) is 0 Å². The summed E-state index contributed by atoms with van der Waals surface area (Å²) < 4.78 is 5.57. The van der Waals surface area contributed by atoms with Crippen LogP contribution in [-0.2, 0) is 4.79 Å². The van der Waals surface area contributed by atoms with Gasteiger partial charge in [0.15, 0.2) is 0 Å². The van der Waals surface area contributed by atoms with Crippen molar-refractivity contribution >= 4 is 23.2 Å². The number of carboxylic acids is 1. The van der Waals surface area contributed by atoms with Gasteiger partial charge in [0.2, 0.25) is 0 Å². The molecule has 0 saturated carbocycles. The summed E-state index contributed by atoms with van der Waals surface area (Å²) in [5, 5.41) is 13.1. The summed E-state index contributed by atoms with van der Waals surface area (Å²) in [6, 6.07) is 7.44. The number of amides is 1. The van der Waals surface area contributed by atoms with Crippen molar-refractivity contribution in [3.63, 3.8) is 0 Å². The second-order valence-corrected chi connectivity index (χ2v) is 5.66. The van der Waals surface area contributed by atoms with Gasteiger partial charge < -0.3 is 15.2 Å². The van der Waals surface area contributed by atoms with E-state index in [1.807, 2.05) is 38.1 Å². The molecule has 0 atom stereocenters. The average Bonchev–Trinajstić information content (AvgIpc) is 2.94. The van der Waals surface area contributed by atoms with Crippen molar-refractivity contribution < 1.29 is 19.4 Å². The topological polar surface area (TPSA) is 88.5 Å². The van der Waals surface area contributed by atoms with Crippen LogP contribution in [0.25, 0.3) is 10.6 Å². The number of ether oxygens (including phenoxy) is 1. The molecule has 1 aromatic heterocycles. The number of aliphatic carboxylic acids is 1. The molecule has 0 aliphatic rings. The Labute approximate surface area is 131 Å². The molecule has 0 fully saturated rings. The number of hydrogen-bond acceptors (Lipinski definition) is 5. The van der Waals surface area contributed by atoms with Crippen LogP contribution in [0, 0.1) is 0 Å². The number of benzene rings is 1. The molecule has 6 nitrogen and oxygen atoms in total. The van der Waals surface area contributed by atoms with Crippen LogP contribution in [0.2, 0.25) is 0 Å². The highest BCUT2D eigenvalue weighted by Crippen LogP contribution is 2.26. The Morgan fingerprint density at radius 2 is 2.00 bits per heavy atom. The second kappa shape index (κ2) is 7.04. The normalized spacial score (nSPS) is 10.5. The number of thiazole rings is 1. The van der Waals surface area contributed by atoms with Crippen molar-refractivity contribution in [2.75, 3.05) is 6.54 Å². The van der Waals surface area contributed by atoms with Gasteiger partial charge in [-0.3, -0.25) is 9.59 Å². The lowest BCUT2D eigenvalue weighted by atomic mass is 10.2. The summed E-state index contributed by atoms with van der Waals surface area (Å²) in [5.41, 5.74) is 1.09. The first-order valence-corrected chi connectivity index (χ1v) is 7.56. The van der Waals surface area contributed by atoms with E-state index in [0.29, 0.717) is 5.01 Å². The van der Waals surface area contributed by atoms with Crippen LogP contribution in [0.5, 0.6) is 5.75 Å². The maximum Gasteiger partial charge on any atom is 0.322 e. The zero-order chi connectivity index (χ0) is 16.1.